The van der Waals surface area contributed by atoms with Crippen LogP contribution in [0.5, 0.6) is 0 Å². The molecule has 0 aliphatic carbocycles. The van der Waals surface area contributed by atoms with Crippen LogP contribution in [0.4, 0.5) is 4.79 Å². The highest BCUT2D eigenvalue weighted by Crippen LogP contribution is 2.08. The fraction of sp³-hybridized carbons (Fsp3) is 0.750. The third-order valence-electron chi connectivity index (χ3n) is 2.70. The Morgan fingerprint density at radius 2 is 1.32 bits per heavy atom. The molecule has 7 nitrogen and oxygen atoms in total. The molecule has 0 atom stereocenters. The van der Waals surface area contributed by atoms with Crippen molar-refractivity contribution in [1.82, 2.24) is 4.90 Å². The first-order chi connectivity index (χ1) is 8.93. The second-order valence-electron chi connectivity index (χ2n) is 4.38. The first kappa shape index (κ1) is 17.2. The van der Waals surface area contributed by atoms with E-state index in [1.807, 2.05) is 0 Å². The summed E-state index contributed by atoms with van der Waals surface area (Å²) in [4.78, 5) is 32.0. The van der Waals surface area contributed by atoms with Crippen LogP contribution in [0.25, 0.3) is 0 Å². The van der Waals surface area contributed by atoms with Gasteiger partial charge in [-0.05, 0) is 19.3 Å². The Morgan fingerprint density at radius 3 is 1.63 bits per heavy atom. The summed E-state index contributed by atoms with van der Waals surface area (Å²) in [7, 11) is 0. The minimum atomic E-state index is -0.948. The number of amides is 2. The molecule has 0 aromatic rings. The Morgan fingerprint density at radius 1 is 0.895 bits per heavy atom. The molecular weight excluding hydrogens is 252 g/mol. The van der Waals surface area contributed by atoms with Gasteiger partial charge in [0, 0.05) is 25.9 Å². The van der Waals surface area contributed by atoms with E-state index in [0.717, 1.165) is 25.9 Å². The van der Waals surface area contributed by atoms with Crippen LogP contribution in [-0.2, 0) is 9.59 Å². The summed E-state index contributed by atoms with van der Waals surface area (Å²) in [6.07, 6.45) is 4.79. The Bertz CT molecular complexity index is 284. The fourth-order valence-electron chi connectivity index (χ4n) is 1.68. The van der Waals surface area contributed by atoms with Crippen LogP contribution < -0.4 is 5.73 Å². The lowest BCUT2D eigenvalue weighted by Crippen LogP contribution is -2.36. The first-order valence-electron chi connectivity index (χ1n) is 6.41. The molecule has 1 heterocycles. The Kier molecular flexibility index (Phi) is 9.20. The molecule has 110 valence electrons. The molecule has 1 rings (SSSR count). The number of carboxylic acid groups (broad SMARTS) is 2. The van der Waals surface area contributed by atoms with Crippen LogP contribution >= 0.6 is 0 Å². The van der Waals surface area contributed by atoms with Gasteiger partial charge in [-0.2, -0.15) is 0 Å². The van der Waals surface area contributed by atoms with Gasteiger partial charge in [-0.25, -0.2) is 4.79 Å². The van der Waals surface area contributed by atoms with Gasteiger partial charge in [0.05, 0.1) is 0 Å². The molecule has 0 aromatic heterocycles. The molecule has 0 radical (unpaired) electrons. The van der Waals surface area contributed by atoms with Gasteiger partial charge in [-0.1, -0.05) is 12.8 Å². The monoisotopic (exact) mass is 274 g/mol. The zero-order valence-corrected chi connectivity index (χ0v) is 11.0. The van der Waals surface area contributed by atoms with Crippen LogP contribution in [0.1, 0.15) is 44.9 Å². The highest BCUT2D eigenvalue weighted by atomic mass is 16.4. The summed E-state index contributed by atoms with van der Waals surface area (Å²) in [5, 5.41) is 16.1. The van der Waals surface area contributed by atoms with Gasteiger partial charge in [0.25, 0.3) is 0 Å². The van der Waals surface area contributed by atoms with Crippen molar-refractivity contribution in [2.75, 3.05) is 13.1 Å². The van der Waals surface area contributed by atoms with E-state index in [2.05, 4.69) is 0 Å². The van der Waals surface area contributed by atoms with E-state index in [-0.39, 0.29) is 25.3 Å². The van der Waals surface area contributed by atoms with Gasteiger partial charge in [-0.15, -0.1) is 0 Å². The molecule has 7 heteroatoms. The average Bonchev–Trinajstić information content (AvgIpc) is 2.57. The van der Waals surface area contributed by atoms with Crippen LogP contribution in [0.15, 0.2) is 0 Å². The van der Waals surface area contributed by atoms with Crippen molar-refractivity contribution in [1.29, 1.82) is 0 Å². The molecule has 0 aromatic carbocycles. The molecule has 0 saturated carbocycles. The predicted molar refractivity (Wildman–Crippen MR) is 68.7 cm³/mol. The maximum atomic E-state index is 10.7. The zero-order chi connectivity index (χ0) is 14.7. The largest absolute Gasteiger partial charge is 0.481 e. The second-order valence-corrected chi connectivity index (χ2v) is 4.38. The van der Waals surface area contributed by atoms with Gasteiger partial charge in [0.15, 0.2) is 0 Å². The van der Waals surface area contributed by atoms with Gasteiger partial charge >= 0.3 is 18.0 Å². The minimum Gasteiger partial charge on any atom is -0.481 e. The minimum absolute atomic E-state index is 0.0632. The summed E-state index contributed by atoms with van der Waals surface area (Å²) < 4.78 is 0. The van der Waals surface area contributed by atoms with Gasteiger partial charge < -0.3 is 20.8 Å². The number of primary amides is 1. The Balaban J connectivity index is 0.000000344. The summed E-state index contributed by atoms with van der Waals surface area (Å²) >= 11 is 0. The molecule has 1 saturated heterocycles. The molecule has 0 bridgehead atoms. The van der Waals surface area contributed by atoms with Crippen molar-refractivity contribution in [3.05, 3.63) is 0 Å². The maximum absolute atomic E-state index is 10.7. The molecule has 19 heavy (non-hydrogen) atoms. The van der Waals surface area contributed by atoms with E-state index < -0.39 is 11.9 Å². The van der Waals surface area contributed by atoms with Crippen LogP contribution in [-0.4, -0.2) is 46.2 Å². The number of likely N-dealkylation sites (tertiary alicyclic amines) is 1. The predicted octanol–water partition coefficient (Wildman–Crippen LogP) is 1.27. The SMILES string of the molecule is NC(=O)N1CCCCCC1.O=C(O)CCCC(=O)O. The standard InChI is InChI=1S/C7H14N2O.C5H8O4/c8-7(10)9-5-3-1-2-4-6-9;6-4(7)2-1-3-5(8)9/h1-6H2,(H2,8,10);1-3H2,(H,6,7)(H,8,9). The van der Waals surface area contributed by atoms with Gasteiger partial charge in [-0.3, -0.25) is 9.59 Å². The van der Waals surface area contributed by atoms with Crippen molar-refractivity contribution in [3.63, 3.8) is 0 Å². The number of rotatable bonds is 4. The van der Waals surface area contributed by atoms with E-state index in [4.69, 9.17) is 15.9 Å². The topological polar surface area (TPSA) is 121 Å². The van der Waals surface area contributed by atoms with E-state index in [1.165, 1.54) is 12.8 Å². The van der Waals surface area contributed by atoms with Gasteiger partial charge in [0.1, 0.15) is 0 Å². The lowest BCUT2D eigenvalue weighted by atomic mass is 10.2. The van der Waals surface area contributed by atoms with Crippen LogP contribution in [0, 0.1) is 0 Å². The first-order valence-corrected chi connectivity index (χ1v) is 6.41. The highest BCUT2D eigenvalue weighted by molar-refractivity contribution is 5.72. The normalized spacial score (nSPS) is 14.8. The summed E-state index contributed by atoms with van der Waals surface area (Å²) in [6, 6.07) is -0.262. The number of hydrogen-bond donors (Lipinski definition) is 3. The molecule has 1 aliphatic rings. The molecule has 0 unspecified atom stereocenters. The maximum Gasteiger partial charge on any atom is 0.314 e. The lowest BCUT2D eigenvalue weighted by Gasteiger charge is -2.16. The Hall–Kier alpha value is -1.79. The van der Waals surface area contributed by atoms with E-state index in [0.29, 0.717) is 0 Å². The summed E-state index contributed by atoms with van der Waals surface area (Å²) in [5.41, 5.74) is 5.12. The summed E-state index contributed by atoms with van der Waals surface area (Å²) in [6.45, 7) is 1.71. The Labute approximate surface area is 112 Å². The molecule has 0 spiro atoms. The van der Waals surface area contributed by atoms with Crippen LogP contribution in [0.2, 0.25) is 0 Å². The lowest BCUT2D eigenvalue weighted by molar-refractivity contribution is -0.138. The highest BCUT2D eigenvalue weighted by Gasteiger charge is 2.10. The molecule has 1 fully saturated rings. The number of carbonyl (C=O) groups is 3. The third-order valence-corrected chi connectivity index (χ3v) is 2.70. The van der Waals surface area contributed by atoms with Crippen molar-refractivity contribution < 1.29 is 24.6 Å². The number of nitrogens with zero attached hydrogens (tertiary/aromatic N) is 1. The molecular formula is C12H22N2O5. The third kappa shape index (κ3) is 11.1. The molecule has 4 N–H and O–H groups in total. The molecule has 1 aliphatic heterocycles. The number of urea groups is 1. The average molecular weight is 274 g/mol. The molecule has 2 amide bonds. The van der Waals surface area contributed by atoms with Crippen molar-refractivity contribution in [3.8, 4) is 0 Å². The van der Waals surface area contributed by atoms with Gasteiger partial charge in [0.2, 0.25) is 0 Å². The van der Waals surface area contributed by atoms with Crippen molar-refractivity contribution in [2.24, 2.45) is 5.73 Å². The number of carboxylic acids is 2. The number of hydrogen-bond acceptors (Lipinski definition) is 3. The van der Waals surface area contributed by atoms with Crippen molar-refractivity contribution in [2.45, 2.75) is 44.9 Å². The van der Waals surface area contributed by atoms with Crippen molar-refractivity contribution >= 4 is 18.0 Å². The number of nitrogens with two attached hydrogens (primary N) is 1. The zero-order valence-electron chi connectivity index (χ0n) is 11.0. The summed E-state index contributed by atoms with van der Waals surface area (Å²) in [5.74, 6) is -1.90. The fourth-order valence-corrected chi connectivity index (χ4v) is 1.68. The van der Waals surface area contributed by atoms with E-state index in [1.54, 1.807) is 4.90 Å². The quantitative estimate of drug-likeness (QED) is 0.712. The number of carbonyl (C=O) groups excluding carboxylic acids is 1. The smallest absolute Gasteiger partial charge is 0.314 e. The van der Waals surface area contributed by atoms with Crippen LogP contribution in [0.3, 0.4) is 0 Å². The second kappa shape index (κ2) is 10.2. The number of aliphatic carboxylic acids is 2. The van der Waals surface area contributed by atoms with E-state index in [9.17, 15) is 14.4 Å². The van der Waals surface area contributed by atoms with E-state index >= 15 is 0 Å².